The maximum atomic E-state index is 10.8. The number of nitrogens with two attached hydrogens (primary N) is 1. The van der Waals surface area contributed by atoms with Crippen LogP contribution in [0.15, 0.2) is 24.3 Å². The highest BCUT2D eigenvalue weighted by Crippen LogP contribution is 2.30. The molecular formula is C11H15N3O2. The van der Waals surface area contributed by atoms with Gasteiger partial charge in [0.2, 0.25) is 0 Å². The molecule has 0 saturated heterocycles. The lowest BCUT2D eigenvalue weighted by Gasteiger charge is -2.38. The number of nitro groups is 1. The Morgan fingerprint density at radius 3 is 2.69 bits per heavy atom. The molecule has 1 aromatic carbocycles. The predicted octanol–water partition coefficient (Wildman–Crippen LogP) is 1.89. The molecule has 0 unspecified atom stereocenters. The molecule has 1 aliphatic rings. The van der Waals surface area contributed by atoms with E-state index in [-0.39, 0.29) is 16.1 Å². The number of rotatable bonds is 4. The van der Waals surface area contributed by atoms with E-state index in [1.807, 2.05) is 0 Å². The lowest BCUT2D eigenvalue weighted by atomic mass is 9.78. The molecule has 5 heteroatoms. The van der Waals surface area contributed by atoms with E-state index in [1.165, 1.54) is 6.07 Å². The van der Waals surface area contributed by atoms with Gasteiger partial charge in [0.1, 0.15) is 5.69 Å². The van der Waals surface area contributed by atoms with Crippen LogP contribution in [0.2, 0.25) is 0 Å². The first-order chi connectivity index (χ1) is 7.61. The van der Waals surface area contributed by atoms with Crippen LogP contribution in [-0.4, -0.2) is 17.0 Å². The van der Waals surface area contributed by atoms with Crippen LogP contribution in [0.25, 0.3) is 0 Å². The minimum Gasteiger partial charge on any atom is -0.378 e. The molecule has 0 aromatic heterocycles. The number of nitrogens with zero attached hydrogens (tertiary/aromatic N) is 1. The van der Waals surface area contributed by atoms with Gasteiger partial charge >= 0.3 is 0 Å². The van der Waals surface area contributed by atoms with Crippen molar-refractivity contribution < 1.29 is 4.92 Å². The van der Waals surface area contributed by atoms with Crippen molar-refractivity contribution in [2.75, 3.05) is 11.9 Å². The van der Waals surface area contributed by atoms with E-state index in [4.69, 9.17) is 5.73 Å². The van der Waals surface area contributed by atoms with E-state index in [0.717, 1.165) is 19.3 Å². The van der Waals surface area contributed by atoms with E-state index < -0.39 is 0 Å². The van der Waals surface area contributed by atoms with Gasteiger partial charge in [0.25, 0.3) is 5.69 Å². The van der Waals surface area contributed by atoms with Crippen LogP contribution in [0.1, 0.15) is 19.3 Å². The van der Waals surface area contributed by atoms with Gasteiger partial charge < -0.3 is 11.1 Å². The Morgan fingerprint density at radius 2 is 2.12 bits per heavy atom. The van der Waals surface area contributed by atoms with Crippen LogP contribution >= 0.6 is 0 Å². The van der Waals surface area contributed by atoms with Crippen LogP contribution in [0, 0.1) is 10.1 Å². The predicted molar refractivity (Wildman–Crippen MR) is 62.4 cm³/mol. The monoisotopic (exact) mass is 221 g/mol. The first-order valence-corrected chi connectivity index (χ1v) is 5.37. The maximum absolute atomic E-state index is 10.8. The zero-order valence-corrected chi connectivity index (χ0v) is 8.98. The smallest absolute Gasteiger partial charge is 0.292 e. The van der Waals surface area contributed by atoms with E-state index in [9.17, 15) is 10.1 Å². The first kappa shape index (κ1) is 10.9. The van der Waals surface area contributed by atoms with Gasteiger partial charge in [-0.2, -0.15) is 0 Å². The number of anilines is 1. The molecule has 1 aromatic rings. The van der Waals surface area contributed by atoms with Gasteiger partial charge in [-0.05, 0) is 25.3 Å². The molecule has 0 heterocycles. The lowest BCUT2D eigenvalue weighted by Crippen LogP contribution is -2.52. The van der Waals surface area contributed by atoms with Gasteiger partial charge in [-0.1, -0.05) is 12.1 Å². The Kier molecular flexibility index (Phi) is 2.78. The molecule has 0 spiro atoms. The molecule has 1 saturated carbocycles. The standard InChI is InChI=1S/C11H15N3O2/c12-11(6-3-7-11)8-13-9-4-1-2-5-10(9)14(15)16/h1-2,4-5,13H,3,6-8,12H2. The van der Waals surface area contributed by atoms with Crippen LogP contribution in [0.3, 0.4) is 0 Å². The molecule has 1 aliphatic carbocycles. The third kappa shape index (κ3) is 2.14. The highest BCUT2D eigenvalue weighted by atomic mass is 16.6. The first-order valence-electron chi connectivity index (χ1n) is 5.37. The highest BCUT2D eigenvalue weighted by Gasteiger charge is 2.32. The number of nitrogens with one attached hydrogen (secondary N) is 1. The fraction of sp³-hybridized carbons (Fsp3) is 0.455. The number of hydrogen-bond donors (Lipinski definition) is 2. The summed E-state index contributed by atoms with van der Waals surface area (Å²) >= 11 is 0. The zero-order chi connectivity index (χ0) is 11.6. The second-order valence-corrected chi connectivity index (χ2v) is 4.34. The Balaban J connectivity index is 2.06. The molecule has 0 atom stereocenters. The number of nitro benzene ring substituents is 1. The van der Waals surface area contributed by atoms with Gasteiger partial charge in [0.05, 0.1) is 4.92 Å². The van der Waals surface area contributed by atoms with E-state index >= 15 is 0 Å². The summed E-state index contributed by atoms with van der Waals surface area (Å²) in [6.45, 7) is 0.595. The number of para-hydroxylation sites is 2. The number of benzene rings is 1. The second-order valence-electron chi connectivity index (χ2n) is 4.34. The van der Waals surface area contributed by atoms with E-state index in [0.29, 0.717) is 12.2 Å². The van der Waals surface area contributed by atoms with Crippen molar-refractivity contribution in [3.8, 4) is 0 Å². The molecule has 86 valence electrons. The van der Waals surface area contributed by atoms with Crippen LogP contribution in [-0.2, 0) is 0 Å². The lowest BCUT2D eigenvalue weighted by molar-refractivity contribution is -0.384. The van der Waals surface area contributed by atoms with Crippen molar-refractivity contribution in [2.45, 2.75) is 24.8 Å². The molecule has 3 N–H and O–H groups in total. The molecule has 2 rings (SSSR count). The third-order valence-electron chi connectivity index (χ3n) is 3.08. The van der Waals surface area contributed by atoms with Crippen LogP contribution in [0.5, 0.6) is 0 Å². The van der Waals surface area contributed by atoms with Gasteiger partial charge in [-0.25, -0.2) is 0 Å². The third-order valence-corrected chi connectivity index (χ3v) is 3.08. The van der Waals surface area contributed by atoms with Crippen LogP contribution in [0.4, 0.5) is 11.4 Å². The molecule has 0 amide bonds. The van der Waals surface area contributed by atoms with Crippen molar-refractivity contribution >= 4 is 11.4 Å². The summed E-state index contributed by atoms with van der Waals surface area (Å²) in [4.78, 5) is 10.4. The Bertz CT molecular complexity index is 402. The second kappa shape index (κ2) is 4.09. The summed E-state index contributed by atoms with van der Waals surface area (Å²) in [5.74, 6) is 0. The van der Waals surface area contributed by atoms with Crippen molar-refractivity contribution in [1.29, 1.82) is 0 Å². The van der Waals surface area contributed by atoms with Gasteiger partial charge in [0.15, 0.2) is 0 Å². The zero-order valence-electron chi connectivity index (χ0n) is 8.98. The Labute approximate surface area is 93.8 Å². The fourth-order valence-corrected chi connectivity index (χ4v) is 1.86. The summed E-state index contributed by atoms with van der Waals surface area (Å²) in [5.41, 5.74) is 6.52. The average molecular weight is 221 g/mol. The summed E-state index contributed by atoms with van der Waals surface area (Å²) in [6.07, 6.45) is 3.12. The van der Waals surface area contributed by atoms with Crippen molar-refractivity contribution in [1.82, 2.24) is 0 Å². The minimum atomic E-state index is -0.383. The fourth-order valence-electron chi connectivity index (χ4n) is 1.86. The molecular weight excluding hydrogens is 206 g/mol. The van der Waals surface area contributed by atoms with Crippen molar-refractivity contribution in [3.05, 3.63) is 34.4 Å². The minimum absolute atomic E-state index is 0.102. The quantitative estimate of drug-likeness (QED) is 0.601. The summed E-state index contributed by atoms with van der Waals surface area (Å²) in [5, 5.41) is 13.8. The maximum Gasteiger partial charge on any atom is 0.292 e. The average Bonchev–Trinajstić information content (AvgIpc) is 2.24. The van der Waals surface area contributed by atoms with Gasteiger partial charge in [-0.15, -0.1) is 0 Å². The molecule has 5 nitrogen and oxygen atoms in total. The molecule has 0 aliphatic heterocycles. The topological polar surface area (TPSA) is 81.2 Å². The molecule has 1 fully saturated rings. The number of hydrogen-bond acceptors (Lipinski definition) is 4. The van der Waals surface area contributed by atoms with Crippen LogP contribution < -0.4 is 11.1 Å². The van der Waals surface area contributed by atoms with Gasteiger partial charge in [0, 0.05) is 18.2 Å². The summed E-state index contributed by atoms with van der Waals surface area (Å²) < 4.78 is 0. The highest BCUT2D eigenvalue weighted by molar-refractivity contribution is 5.61. The SMILES string of the molecule is NC1(CNc2ccccc2[N+](=O)[O-])CCC1. The summed E-state index contributed by atoms with van der Waals surface area (Å²) in [7, 11) is 0. The Hall–Kier alpha value is -1.62. The molecule has 0 radical (unpaired) electrons. The van der Waals surface area contributed by atoms with E-state index in [2.05, 4.69) is 5.32 Å². The largest absolute Gasteiger partial charge is 0.378 e. The normalized spacial score (nSPS) is 17.6. The summed E-state index contributed by atoms with van der Waals surface area (Å²) in [6, 6.07) is 6.64. The molecule has 16 heavy (non-hydrogen) atoms. The van der Waals surface area contributed by atoms with Gasteiger partial charge in [-0.3, -0.25) is 10.1 Å². The Morgan fingerprint density at radius 1 is 1.44 bits per heavy atom. The molecule has 0 bridgehead atoms. The van der Waals surface area contributed by atoms with E-state index in [1.54, 1.807) is 18.2 Å². The van der Waals surface area contributed by atoms with Crippen molar-refractivity contribution in [2.24, 2.45) is 5.73 Å². The van der Waals surface area contributed by atoms with Crippen molar-refractivity contribution in [3.63, 3.8) is 0 Å².